The maximum absolute atomic E-state index is 12.4. The zero-order valence-electron chi connectivity index (χ0n) is 12.1. The number of nitrogens with zero attached hydrogens (tertiary/aromatic N) is 1. The summed E-state index contributed by atoms with van der Waals surface area (Å²) in [5.74, 6) is -0.124. The van der Waals surface area contributed by atoms with Crippen molar-refractivity contribution in [2.45, 2.75) is 0 Å². The number of fused-ring (bicyclic) bond motifs is 1. The second-order valence-corrected chi connectivity index (χ2v) is 6.13. The summed E-state index contributed by atoms with van der Waals surface area (Å²) >= 11 is 1.68. The zero-order chi connectivity index (χ0) is 15.6. The minimum Gasteiger partial charge on any atom is -0.322 e. The highest BCUT2D eigenvalue weighted by Crippen LogP contribution is 2.25. The molecule has 4 aromatic rings. The Bertz CT molecular complexity index is 956. The first-order valence-electron chi connectivity index (χ1n) is 7.18. The number of rotatable bonds is 3. The molecule has 0 aliphatic rings. The molecule has 2 aromatic heterocycles. The number of carbonyl (C=O) groups is 1. The third kappa shape index (κ3) is 2.74. The molecule has 112 valence electrons. The van der Waals surface area contributed by atoms with Gasteiger partial charge in [0, 0.05) is 21.5 Å². The molecule has 4 nitrogen and oxygen atoms in total. The Kier molecular flexibility index (Phi) is 3.40. The van der Waals surface area contributed by atoms with Crippen molar-refractivity contribution in [1.82, 2.24) is 10.2 Å². The summed E-state index contributed by atoms with van der Waals surface area (Å²) in [5.41, 5.74) is 3.40. The van der Waals surface area contributed by atoms with Gasteiger partial charge in [-0.3, -0.25) is 9.89 Å². The van der Waals surface area contributed by atoms with E-state index in [1.165, 1.54) is 4.88 Å². The van der Waals surface area contributed by atoms with E-state index < -0.39 is 0 Å². The lowest BCUT2D eigenvalue weighted by molar-refractivity contribution is 0.102. The molecular weight excluding hydrogens is 306 g/mol. The Morgan fingerprint density at radius 2 is 1.96 bits per heavy atom. The van der Waals surface area contributed by atoms with Gasteiger partial charge in [-0.05, 0) is 47.3 Å². The predicted molar refractivity (Wildman–Crippen MR) is 93.8 cm³/mol. The number of nitrogens with one attached hydrogen (secondary N) is 2. The molecule has 0 saturated carbocycles. The van der Waals surface area contributed by atoms with Crippen LogP contribution >= 0.6 is 11.3 Å². The van der Waals surface area contributed by atoms with Crippen molar-refractivity contribution in [3.05, 3.63) is 71.7 Å². The molecule has 0 fully saturated rings. The molecule has 5 heteroatoms. The monoisotopic (exact) mass is 319 g/mol. The Morgan fingerprint density at radius 1 is 1.09 bits per heavy atom. The fourth-order valence-electron chi connectivity index (χ4n) is 2.45. The van der Waals surface area contributed by atoms with Gasteiger partial charge in [0.2, 0.25) is 0 Å². The normalized spacial score (nSPS) is 10.8. The Balaban J connectivity index is 1.54. The van der Waals surface area contributed by atoms with E-state index in [1.54, 1.807) is 17.5 Å². The minimum absolute atomic E-state index is 0.124. The minimum atomic E-state index is -0.124. The number of carbonyl (C=O) groups excluding carboxylic acids is 1. The van der Waals surface area contributed by atoms with Gasteiger partial charge in [0.15, 0.2) is 0 Å². The van der Waals surface area contributed by atoms with Gasteiger partial charge in [-0.25, -0.2) is 0 Å². The highest BCUT2D eigenvalue weighted by atomic mass is 32.1. The van der Waals surface area contributed by atoms with Gasteiger partial charge < -0.3 is 5.32 Å². The summed E-state index contributed by atoms with van der Waals surface area (Å²) in [6.07, 6.45) is 1.75. The highest BCUT2D eigenvalue weighted by molar-refractivity contribution is 7.13. The Labute approximate surface area is 136 Å². The van der Waals surface area contributed by atoms with Crippen molar-refractivity contribution in [2.24, 2.45) is 0 Å². The topological polar surface area (TPSA) is 57.8 Å². The Morgan fingerprint density at radius 3 is 2.74 bits per heavy atom. The van der Waals surface area contributed by atoms with Crippen LogP contribution in [0.4, 0.5) is 5.69 Å². The summed E-state index contributed by atoms with van der Waals surface area (Å²) in [7, 11) is 0. The number of benzene rings is 2. The lowest BCUT2D eigenvalue weighted by Crippen LogP contribution is -2.11. The van der Waals surface area contributed by atoms with Crippen molar-refractivity contribution in [2.75, 3.05) is 5.32 Å². The zero-order valence-corrected chi connectivity index (χ0v) is 12.9. The molecule has 0 saturated heterocycles. The maximum atomic E-state index is 12.4. The third-order valence-corrected chi connectivity index (χ3v) is 4.57. The number of amides is 1. The SMILES string of the molecule is O=C(Nc1ccc2cn[nH]c2c1)c1ccc(-c2cccs2)cc1. The van der Waals surface area contributed by atoms with E-state index in [9.17, 15) is 4.79 Å². The quantitative estimate of drug-likeness (QED) is 0.582. The van der Waals surface area contributed by atoms with E-state index in [4.69, 9.17) is 0 Å². The molecule has 23 heavy (non-hydrogen) atoms. The summed E-state index contributed by atoms with van der Waals surface area (Å²) in [6.45, 7) is 0. The highest BCUT2D eigenvalue weighted by Gasteiger charge is 2.08. The molecule has 2 aromatic carbocycles. The summed E-state index contributed by atoms with van der Waals surface area (Å²) < 4.78 is 0. The number of H-pyrrole nitrogens is 1. The molecule has 2 N–H and O–H groups in total. The van der Waals surface area contributed by atoms with Gasteiger partial charge in [0.1, 0.15) is 0 Å². The first kappa shape index (κ1) is 13.7. The molecule has 0 atom stereocenters. The van der Waals surface area contributed by atoms with Crippen LogP contribution in [0.2, 0.25) is 0 Å². The lowest BCUT2D eigenvalue weighted by Gasteiger charge is -2.06. The van der Waals surface area contributed by atoms with E-state index in [0.29, 0.717) is 5.56 Å². The second kappa shape index (κ2) is 5.70. The van der Waals surface area contributed by atoms with Crippen molar-refractivity contribution in [3.63, 3.8) is 0 Å². The van der Waals surface area contributed by atoms with E-state index in [0.717, 1.165) is 22.2 Å². The molecule has 0 unspecified atom stereocenters. The average molecular weight is 319 g/mol. The number of anilines is 1. The number of thiophene rings is 1. The van der Waals surface area contributed by atoms with Gasteiger partial charge in [-0.1, -0.05) is 18.2 Å². The fourth-order valence-corrected chi connectivity index (χ4v) is 3.18. The largest absolute Gasteiger partial charge is 0.322 e. The van der Waals surface area contributed by atoms with Gasteiger partial charge in [0.05, 0.1) is 11.7 Å². The van der Waals surface area contributed by atoms with Crippen LogP contribution < -0.4 is 5.32 Å². The van der Waals surface area contributed by atoms with Crippen LogP contribution in [0.5, 0.6) is 0 Å². The third-order valence-electron chi connectivity index (χ3n) is 3.65. The molecular formula is C18H13N3OS. The van der Waals surface area contributed by atoms with E-state index in [1.807, 2.05) is 53.9 Å². The molecule has 0 radical (unpaired) electrons. The van der Waals surface area contributed by atoms with Crippen LogP contribution in [0.15, 0.2) is 66.2 Å². The summed E-state index contributed by atoms with van der Waals surface area (Å²) in [5, 5.41) is 12.8. The fraction of sp³-hybridized carbons (Fsp3) is 0. The molecule has 0 aliphatic carbocycles. The average Bonchev–Trinajstić information content (AvgIpc) is 3.26. The van der Waals surface area contributed by atoms with Crippen LogP contribution in [0, 0.1) is 0 Å². The first-order chi connectivity index (χ1) is 11.3. The smallest absolute Gasteiger partial charge is 0.255 e. The summed E-state index contributed by atoms with van der Waals surface area (Å²) in [6, 6.07) is 17.4. The standard InChI is InChI=1S/C18H13N3OS/c22-18(20-15-8-7-14-11-19-21-16(14)10-15)13-5-3-12(4-6-13)17-2-1-9-23-17/h1-11H,(H,19,21)(H,20,22). The summed E-state index contributed by atoms with van der Waals surface area (Å²) in [4.78, 5) is 13.5. The van der Waals surface area contributed by atoms with Gasteiger partial charge in [-0.15, -0.1) is 11.3 Å². The predicted octanol–water partition coefficient (Wildman–Crippen LogP) is 4.54. The molecule has 2 heterocycles. The molecule has 0 spiro atoms. The van der Waals surface area contributed by atoms with E-state index in [2.05, 4.69) is 21.6 Å². The number of aromatic nitrogens is 2. The van der Waals surface area contributed by atoms with Crippen molar-refractivity contribution in [1.29, 1.82) is 0 Å². The van der Waals surface area contributed by atoms with Crippen LogP contribution in [-0.2, 0) is 0 Å². The first-order valence-corrected chi connectivity index (χ1v) is 8.06. The van der Waals surface area contributed by atoms with Crippen molar-refractivity contribution < 1.29 is 4.79 Å². The van der Waals surface area contributed by atoms with Crippen molar-refractivity contribution in [3.8, 4) is 10.4 Å². The lowest BCUT2D eigenvalue weighted by atomic mass is 10.1. The van der Waals surface area contributed by atoms with Crippen LogP contribution in [-0.4, -0.2) is 16.1 Å². The second-order valence-electron chi connectivity index (χ2n) is 5.18. The number of hydrogen-bond donors (Lipinski definition) is 2. The van der Waals surface area contributed by atoms with Gasteiger partial charge in [0.25, 0.3) is 5.91 Å². The molecule has 1 amide bonds. The Hall–Kier alpha value is -2.92. The number of aromatic amines is 1. The van der Waals surface area contributed by atoms with E-state index >= 15 is 0 Å². The van der Waals surface area contributed by atoms with Gasteiger partial charge >= 0.3 is 0 Å². The van der Waals surface area contributed by atoms with Crippen LogP contribution in [0.1, 0.15) is 10.4 Å². The van der Waals surface area contributed by atoms with Crippen LogP contribution in [0.3, 0.4) is 0 Å². The van der Waals surface area contributed by atoms with Crippen molar-refractivity contribution >= 4 is 33.8 Å². The molecule has 0 aliphatic heterocycles. The molecule has 4 rings (SSSR count). The van der Waals surface area contributed by atoms with Gasteiger partial charge in [-0.2, -0.15) is 5.10 Å². The van der Waals surface area contributed by atoms with E-state index in [-0.39, 0.29) is 5.91 Å². The number of hydrogen-bond acceptors (Lipinski definition) is 3. The molecule has 0 bridgehead atoms. The maximum Gasteiger partial charge on any atom is 0.255 e. The van der Waals surface area contributed by atoms with Crippen LogP contribution in [0.25, 0.3) is 21.3 Å².